The third kappa shape index (κ3) is 4.36. The van der Waals surface area contributed by atoms with Crippen LogP contribution >= 0.6 is 22.9 Å². The third-order valence-electron chi connectivity index (χ3n) is 4.98. The van der Waals surface area contributed by atoms with Gasteiger partial charge >= 0.3 is 5.97 Å². The van der Waals surface area contributed by atoms with Gasteiger partial charge in [0.2, 0.25) is 5.91 Å². The summed E-state index contributed by atoms with van der Waals surface area (Å²) in [5.74, 6) is -1.09. The summed E-state index contributed by atoms with van der Waals surface area (Å²) in [5, 5.41) is 9.88. The molecule has 1 aromatic heterocycles. The van der Waals surface area contributed by atoms with Gasteiger partial charge in [0.15, 0.2) is 0 Å². The molecule has 2 aromatic rings. The van der Waals surface area contributed by atoms with Crippen LogP contribution in [0.25, 0.3) is 10.4 Å². The zero-order valence-corrected chi connectivity index (χ0v) is 17.1. The zero-order chi connectivity index (χ0) is 19.6. The minimum absolute atomic E-state index is 0.00785. The van der Waals surface area contributed by atoms with E-state index in [0.717, 1.165) is 36.1 Å². The van der Waals surface area contributed by atoms with Crippen molar-refractivity contribution in [1.29, 1.82) is 0 Å². The van der Waals surface area contributed by atoms with E-state index >= 15 is 0 Å². The van der Waals surface area contributed by atoms with E-state index in [4.69, 9.17) is 11.6 Å². The molecule has 0 unspecified atom stereocenters. The smallest absolute Gasteiger partial charge is 0.348 e. The number of carbonyl (C=O) groups excluding carboxylic acids is 1. The Morgan fingerprint density at radius 1 is 1.15 bits per heavy atom. The number of rotatable bonds is 5. The summed E-state index contributed by atoms with van der Waals surface area (Å²) in [6.07, 6.45) is 3.17. The molecule has 1 heterocycles. The maximum atomic E-state index is 13.3. The fourth-order valence-corrected chi connectivity index (χ4v) is 4.85. The minimum Gasteiger partial charge on any atom is -0.477 e. The van der Waals surface area contributed by atoms with Crippen molar-refractivity contribution in [2.45, 2.75) is 50.9 Å². The molecule has 3 rings (SSSR count). The number of amides is 1. The van der Waals surface area contributed by atoms with Gasteiger partial charge in [-0.15, -0.1) is 22.9 Å². The monoisotopic (exact) mass is 405 g/mol. The molecule has 0 saturated heterocycles. The second-order valence-electron chi connectivity index (χ2n) is 7.25. The Morgan fingerprint density at radius 3 is 2.33 bits per heavy atom. The Kier molecular flexibility index (Phi) is 6.22. The summed E-state index contributed by atoms with van der Waals surface area (Å²) in [6.45, 7) is 3.85. The van der Waals surface area contributed by atoms with Crippen molar-refractivity contribution in [2.24, 2.45) is 5.92 Å². The Balaban J connectivity index is 1.98. The van der Waals surface area contributed by atoms with E-state index in [0.29, 0.717) is 5.69 Å². The van der Waals surface area contributed by atoms with E-state index in [1.807, 2.05) is 50.2 Å². The van der Waals surface area contributed by atoms with Crippen LogP contribution in [0.2, 0.25) is 0 Å². The van der Waals surface area contributed by atoms with Gasteiger partial charge in [0.25, 0.3) is 0 Å². The summed E-state index contributed by atoms with van der Waals surface area (Å²) in [5.41, 5.74) is 1.45. The van der Waals surface area contributed by atoms with Crippen LogP contribution in [0.4, 0.5) is 5.69 Å². The van der Waals surface area contributed by atoms with E-state index in [-0.39, 0.29) is 28.1 Å². The average Bonchev–Trinajstić information content (AvgIpc) is 3.08. The normalized spacial score (nSPS) is 19.9. The van der Waals surface area contributed by atoms with Crippen LogP contribution in [0.5, 0.6) is 0 Å². The number of benzene rings is 1. The van der Waals surface area contributed by atoms with Gasteiger partial charge in [-0.3, -0.25) is 4.79 Å². The predicted octanol–water partition coefficient (Wildman–Crippen LogP) is 5.65. The summed E-state index contributed by atoms with van der Waals surface area (Å²) in [6, 6.07) is 11.4. The third-order valence-corrected chi connectivity index (χ3v) is 6.58. The quantitative estimate of drug-likeness (QED) is 0.653. The largest absolute Gasteiger partial charge is 0.477 e. The van der Waals surface area contributed by atoms with Crippen LogP contribution in [-0.2, 0) is 4.79 Å². The highest BCUT2D eigenvalue weighted by molar-refractivity contribution is 7.18. The molecule has 6 heteroatoms. The molecule has 0 spiro atoms. The molecule has 1 aromatic carbocycles. The van der Waals surface area contributed by atoms with Gasteiger partial charge in [-0.1, -0.05) is 30.3 Å². The van der Waals surface area contributed by atoms with Gasteiger partial charge in [0.1, 0.15) is 4.88 Å². The molecule has 4 nitrogen and oxygen atoms in total. The number of carboxylic acids is 1. The number of alkyl halides is 1. The molecule has 1 fully saturated rings. The van der Waals surface area contributed by atoms with E-state index in [1.54, 1.807) is 4.90 Å². The lowest BCUT2D eigenvalue weighted by Gasteiger charge is -2.33. The average molecular weight is 406 g/mol. The van der Waals surface area contributed by atoms with E-state index in [9.17, 15) is 14.7 Å². The van der Waals surface area contributed by atoms with E-state index < -0.39 is 5.97 Å². The summed E-state index contributed by atoms with van der Waals surface area (Å²) < 4.78 is 0. The van der Waals surface area contributed by atoms with Crippen LogP contribution in [0, 0.1) is 5.92 Å². The van der Waals surface area contributed by atoms with Gasteiger partial charge in [-0.2, -0.15) is 0 Å². The lowest BCUT2D eigenvalue weighted by molar-refractivity contribution is -0.123. The first-order valence-electron chi connectivity index (χ1n) is 9.28. The molecule has 0 atom stereocenters. The molecular formula is C21H24ClNO3S. The van der Waals surface area contributed by atoms with Crippen molar-refractivity contribution in [3.8, 4) is 10.4 Å². The number of anilines is 1. The Hall–Kier alpha value is -1.85. The predicted molar refractivity (Wildman–Crippen MR) is 111 cm³/mol. The SMILES string of the molecule is CC(C)N(C(=O)C1CCC(Cl)CC1)c1cc(-c2ccccc2)sc1C(=O)O. The summed E-state index contributed by atoms with van der Waals surface area (Å²) in [4.78, 5) is 27.9. The second kappa shape index (κ2) is 8.44. The summed E-state index contributed by atoms with van der Waals surface area (Å²) in [7, 11) is 0. The number of halogens is 1. The zero-order valence-electron chi connectivity index (χ0n) is 15.5. The van der Waals surface area contributed by atoms with Crippen molar-refractivity contribution in [3.05, 3.63) is 41.3 Å². The maximum absolute atomic E-state index is 13.3. The Morgan fingerprint density at radius 2 is 1.78 bits per heavy atom. The number of hydrogen-bond acceptors (Lipinski definition) is 3. The number of nitrogens with zero attached hydrogens (tertiary/aromatic N) is 1. The van der Waals surface area contributed by atoms with Crippen molar-refractivity contribution in [2.75, 3.05) is 4.90 Å². The van der Waals surface area contributed by atoms with Crippen molar-refractivity contribution >= 4 is 40.5 Å². The topological polar surface area (TPSA) is 57.6 Å². The van der Waals surface area contributed by atoms with Crippen LogP contribution in [0.3, 0.4) is 0 Å². The van der Waals surface area contributed by atoms with Crippen LogP contribution in [-0.4, -0.2) is 28.4 Å². The molecule has 0 radical (unpaired) electrons. The van der Waals surface area contributed by atoms with Crippen LogP contribution in [0.1, 0.15) is 49.2 Å². The lowest BCUT2D eigenvalue weighted by Crippen LogP contribution is -2.42. The number of aromatic carboxylic acids is 1. The van der Waals surface area contributed by atoms with Gasteiger partial charge < -0.3 is 10.0 Å². The highest BCUT2D eigenvalue weighted by atomic mass is 35.5. The van der Waals surface area contributed by atoms with Crippen LogP contribution in [0.15, 0.2) is 36.4 Å². The number of carbonyl (C=O) groups is 2. The van der Waals surface area contributed by atoms with Crippen molar-refractivity contribution in [1.82, 2.24) is 0 Å². The standard InChI is InChI=1S/C21H24ClNO3S/c1-13(2)23(20(24)15-8-10-16(22)11-9-15)17-12-18(27-19(17)21(25)26)14-6-4-3-5-7-14/h3-7,12-13,15-16H,8-11H2,1-2H3,(H,25,26). The lowest BCUT2D eigenvalue weighted by atomic mass is 9.87. The van der Waals surface area contributed by atoms with E-state index in [1.165, 1.54) is 11.3 Å². The highest BCUT2D eigenvalue weighted by Crippen LogP contribution is 2.39. The molecule has 1 aliphatic rings. The second-order valence-corrected chi connectivity index (χ2v) is 8.92. The fraction of sp³-hybridized carbons (Fsp3) is 0.429. The number of thiophene rings is 1. The molecular weight excluding hydrogens is 382 g/mol. The first kappa shape index (κ1) is 19.9. The first-order valence-corrected chi connectivity index (χ1v) is 10.5. The molecule has 144 valence electrons. The Bertz CT molecular complexity index is 810. The Labute approximate surface area is 168 Å². The first-order chi connectivity index (χ1) is 12.9. The molecule has 1 aliphatic carbocycles. The molecule has 1 saturated carbocycles. The van der Waals surface area contributed by atoms with Crippen LogP contribution < -0.4 is 4.90 Å². The maximum Gasteiger partial charge on any atom is 0.348 e. The van der Waals surface area contributed by atoms with Crippen molar-refractivity contribution in [3.63, 3.8) is 0 Å². The van der Waals surface area contributed by atoms with E-state index in [2.05, 4.69) is 0 Å². The number of hydrogen-bond donors (Lipinski definition) is 1. The molecule has 0 bridgehead atoms. The molecule has 1 N–H and O–H groups in total. The molecule has 0 aliphatic heterocycles. The van der Waals surface area contributed by atoms with Crippen molar-refractivity contribution < 1.29 is 14.7 Å². The highest BCUT2D eigenvalue weighted by Gasteiger charge is 2.33. The number of carboxylic acid groups (broad SMARTS) is 1. The summed E-state index contributed by atoms with van der Waals surface area (Å²) >= 11 is 7.40. The fourth-order valence-electron chi connectivity index (χ4n) is 3.61. The van der Waals surface area contributed by atoms with Gasteiger partial charge in [-0.25, -0.2) is 4.79 Å². The molecule has 27 heavy (non-hydrogen) atoms. The van der Waals surface area contributed by atoms with Gasteiger partial charge in [-0.05, 0) is 51.2 Å². The van der Waals surface area contributed by atoms with Gasteiger partial charge in [0, 0.05) is 22.2 Å². The minimum atomic E-state index is -1.000. The molecule has 1 amide bonds. The van der Waals surface area contributed by atoms with Gasteiger partial charge in [0.05, 0.1) is 5.69 Å².